The van der Waals surface area contributed by atoms with E-state index in [1.807, 2.05) is 0 Å². The van der Waals surface area contributed by atoms with E-state index in [1.165, 1.54) is 0 Å². The molecule has 2 fully saturated rings. The molecule has 0 atom stereocenters. The Balaban J connectivity index is 1.55. The summed E-state index contributed by atoms with van der Waals surface area (Å²) in [5, 5.41) is 3.11. The Kier molecular flexibility index (Phi) is 3.26. The maximum Gasteiger partial charge on any atom is 0.407 e. The number of carbonyl (C=O) groups excluding carboxylic acids is 2. The Morgan fingerprint density at radius 3 is 2.67 bits per heavy atom. The fraction of sp³-hybridized carbons (Fsp3) is 0.375. The van der Waals surface area contributed by atoms with Crippen LogP contribution in [0.15, 0.2) is 29.1 Å². The predicted octanol–water partition coefficient (Wildman–Crippen LogP) is 0.638. The van der Waals surface area contributed by atoms with Crippen molar-refractivity contribution >= 4 is 22.9 Å². The minimum Gasteiger partial charge on any atom is -0.441 e. The number of H-pyrrole nitrogens is 1. The summed E-state index contributed by atoms with van der Waals surface area (Å²) < 4.78 is 5.34. The first-order valence-electron chi connectivity index (χ1n) is 7.82. The van der Waals surface area contributed by atoms with E-state index >= 15 is 0 Å². The number of aromatic nitrogens is 2. The SMILES string of the molecule is O=C1NCC2(CCN(C(=O)c3nc4ccccc4c(=O)[nH]3)CC2)O1. The average Bonchev–Trinajstić information content (AvgIpc) is 2.95. The summed E-state index contributed by atoms with van der Waals surface area (Å²) in [6.07, 6.45) is 0.722. The van der Waals surface area contributed by atoms with Gasteiger partial charge in [-0.2, -0.15) is 0 Å². The van der Waals surface area contributed by atoms with Crippen LogP contribution in [0.25, 0.3) is 10.9 Å². The van der Waals surface area contributed by atoms with E-state index in [9.17, 15) is 14.4 Å². The molecule has 0 unspecified atom stereocenters. The third-order valence-corrected chi connectivity index (χ3v) is 4.64. The van der Waals surface area contributed by atoms with Gasteiger partial charge in [-0.3, -0.25) is 9.59 Å². The molecule has 124 valence electrons. The molecule has 1 aromatic heterocycles. The van der Waals surface area contributed by atoms with Gasteiger partial charge in [0.25, 0.3) is 11.5 Å². The first kappa shape index (κ1) is 14.7. The zero-order chi connectivity index (χ0) is 16.7. The number of fused-ring (bicyclic) bond motifs is 1. The molecule has 2 aromatic rings. The lowest BCUT2D eigenvalue weighted by Gasteiger charge is -2.36. The van der Waals surface area contributed by atoms with Crippen molar-refractivity contribution in [2.24, 2.45) is 0 Å². The second-order valence-electron chi connectivity index (χ2n) is 6.15. The van der Waals surface area contributed by atoms with Crippen molar-refractivity contribution in [1.82, 2.24) is 20.2 Å². The fourth-order valence-corrected chi connectivity index (χ4v) is 3.24. The molecule has 2 aliphatic heterocycles. The number of alkyl carbamates (subject to hydrolysis) is 1. The number of likely N-dealkylation sites (tertiary alicyclic amines) is 1. The number of para-hydroxylation sites is 1. The highest BCUT2D eigenvalue weighted by Crippen LogP contribution is 2.29. The Hall–Kier alpha value is -2.90. The first-order valence-corrected chi connectivity index (χ1v) is 7.82. The standard InChI is InChI=1S/C16H16N4O4/c21-13-10-3-1-2-4-11(10)18-12(19-13)14(22)20-7-5-16(6-8-20)9-17-15(23)24-16/h1-4H,5-9H2,(H,17,23)(H,18,19,21). The van der Waals surface area contributed by atoms with Crippen molar-refractivity contribution in [3.05, 3.63) is 40.4 Å². The Morgan fingerprint density at radius 1 is 1.21 bits per heavy atom. The second kappa shape index (κ2) is 5.33. The molecule has 8 nitrogen and oxygen atoms in total. The number of hydrogen-bond donors (Lipinski definition) is 2. The van der Waals surface area contributed by atoms with Gasteiger partial charge in [-0.1, -0.05) is 12.1 Å². The first-order chi connectivity index (χ1) is 11.6. The lowest BCUT2D eigenvalue weighted by atomic mass is 9.91. The van der Waals surface area contributed by atoms with E-state index in [1.54, 1.807) is 29.2 Å². The van der Waals surface area contributed by atoms with Crippen LogP contribution in [0.3, 0.4) is 0 Å². The number of nitrogens with zero attached hydrogens (tertiary/aromatic N) is 2. The molecule has 0 radical (unpaired) electrons. The molecule has 2 N–H and O–H groups in total. The molecular formula is C16H16N4O4. The molecule has 0 saturated carbocycles. The van der Waals surface area contributed by atoms with Gasteiger partial charge >= 0.3 is 6.09 Å². The maximum absolute atomic E-state index is 12.6. The number of nitrogens with one attached hydrogen (secondary N) is 2. The number of rotatable bonds is 1. The molecule has 1 aromatic carbocycles. The molecule has 1 spiro atoms. The van der Waals surface area contributed by atoms with Crippen molar-refractivity contribution < 1.29 is 14.3 Å². The van der Waals surface area contributed by atoms with Gasteiger partial charge in [0.1, 0.15) is 5.60 Å². The molecule has 2 amide bonds. The predicted molar refractivity (Wildman–Crippen MR) is 84.7 cm³/mol. The van der Waals surface area contributed by atoms with Crippen LogP contribution in [0.4, 0.5) is 4.79 Å². The molecule has 3 heterocycles. The smallest absolute Gasteiger partial charge is 0.407 e. The highest BCUT2D eigenvalue weighted by atomic mass is 16.6. The average molecular weight is 328 g/mol. The van der Waals surface area contributed by atoms with Gasteiger partial charge in [-0.15, -0.1) is 0 Å². The summed E-state index contributed by atoms with van der Waals surface area (Å²) in [7, 11) is 0. The van der Waals surface area contributed by atoms with Crippen LogP contribution in [-0.2, 0) is 4.74 Å². The van der Waals surface area contributed by atoms with Crippen molar-refractivity contribution in [2.75, 3.05) is 19.6 Å². The minimum atomic E-state index is -0.516. The van der Waals surface area contributed by atoms with Gasteiger partial charge in [0.15, 0.2) is 5.82 Å². The fourth-order valence-electron chi connectivity index (χ4n) is 3.24. The maximum atomic E-state index is 12.6. The quantitative estimate of drug-likeness (QED) is 0.799. The van der Waals surface area contributed by atoms with Crippen molar-refractivity contribution in [1.29, 1.82) is 0 Å². The lowest BCUT2D eigenvalue weighted by molar-refractivity contribution is 0.00296. The van der Waals surface area contributed by atoms with E-state index in [-0.39, 0.29) is 17.3 Å². The molecule has 0 bridgehead atoms. The number of amides is 2. The lowest BCUT2D eigenvalue weighted by Crippen LogP contribution is -2.49. The summed E-state index contributed by atoms with van der Waals surface area (Å²) in [4.78, 5) is 44.4. The second-order valence-corrected chi connectivity index (χ2v) is 6.15. The van der Waals surface area contributed by atoms with E-state index in [4.69, 9.17) is 4.74 Å². The number of benzene rings is 1. The third-order valence-electron chi connectivity index (χ3n) is 4.64. The summed E-state index contributed by atoms with van der Waals surface area (Å²) in [6.45, 7) is 1.37. The molecule has 24 heavy (non-hydrogen) atoms. The molecular weight excluding hydrogens is 312 g/mol. The third kappa shape index (κ3) is 2.40. The van der Waals surface area contributed by atoms with Crippen LogP contribution < -0.4 is 10.9 Å². The van der Waals surface area contributed by atoms with Crippen LogP contribution in [0.1, 0.15) is 23.5 Å². The topological polar surface area (TPSA) is 104 Å². The summed E-state index contributed by atoms with van der Waals surface area (Å²) in [5.74, 6) is -0.277. The minimum absolute atomic E-state index is 0.0381. The molecule has 2 aliphatic rings. The summed E-state index contributed by atoms with van der Waals surface area (Å²) in [6, 6.07) is 6.90. The van der Waals surface area contributed by atoms with Crippen LogP contribution in [0.5, 0.6) is 0 Å². The molecule has 4 rings (SSSR count). The highest BCUT2D eigenvalue weighted by Gasteiger charge is 2.43. The van der Waals surface area contributed by atoms with E-state index in [0.717, 1.165) is 0 Å². The van der Waals surface area contributed by atoms with Gasteiger partial charge in [0.2, 0.25) is 0 Å². The van der Waals surface area contributed by atoms with Gasteiger partial charge in [-0.05, 0) is 12.1 Å². The van der Waals surface area contributed by atoms with Crippen LogP contribution in [-0.4, -0.2) is 52.1 Å². The van der Waals surface area contributed by atoms with Crippen LogP contribution in [0, 0.1) is 0 Å². The van der Waals surface area contributed by atoms with Crippen molar-refractivity contribution in [3.8, 4) is 0 Å². The number of aromatic amines is 1. The number of piperidine rings is 1. The van der Waals surface area contributed by atoms with E-state index in [0.29, 0.717) is 43.4 Å². The van der Waals surface area contributed by atoms with Crippen LogP contribution >= 0.6 is 0 Å². The molecule has 2 saturated heterocycles. The van der Waals surface area contributed by atoms with Gasteiger partial charge in [-0.25, -0.2) is 9.78 Å². The zero-order valence-electron chi connectivity index (χ0n) is 12.9. The van der Waals surface area contributed by atoms with Crippen LogP contribution in [0.2, 0.25) is 0 Å². The Labute approximate surface area is 136 Å². The van der Waals surface area contributed by atoms with E-state index in [2.05, 4.69) is 15.3 Å². The Morgan fingerprint density at radius 2 is 1.96 bits per heavy atom. The molecule has 0 aliphatic carbocycles. The largest absolute Gasteiger partial charge is 0.441 e. The summed E-state index contributed by atoms with van der Waals surface area (Å²) >= 11 is 0. The summed E-state index contributed by atoms with van der Waals surface area (Å²) in [5.41, 5.74) is -0.351. The number of carbonyl (C=O) groups is 2. The van der Waals surface area contributed by atoms with E-state index < -0.39 is 11.7 Å². The molecule has 8 heteroatoms. The number of hydrogen-bond acceptors (Lipinski definition) is 5. The Bertz CT molecular complexity index is 883. The number of ether oxygens (including phenoxy) is 1. The normalized spacial score (nSPS) is 19.3. The van der Waals surface area contributed by atoms with Crippen molar-refractivity contribution in [3.63, 3.8) is 0 Å². The van der Waals surface area contributed by atoms with Gasteiger partial charge in [0, 0.05) is 25.9 Å². The van der Waals surface area contributed by atoms with Gasteiger partial charge in [0.05, 0.1) is 17.4 Å². The van der Waals surface area contributed by atoms with Crippen molar-refractivity contribution in [2.45, 2.75) is 18.4 Å². The highest BCUT2D eigenvalue weighted by molar-refractivity contribution is 5.92. The zero-order valence-corrected chi connectivity index (χ0v) is 12.9. The van der Waals surface area contributed by atoms with Gasteiger partial charge < -0.3 is 19.9 Å². The monoisotopic (exact) mass is 328 g/mol.